The van der Waals surface area contributed by atoms with Gasteiger partial charge in [0.25, 0.3) is 0 Å². The first-order chi connectivity index (χ1) is 10.8. The number of piperazine rings is 1. The Hall–Kier alpha value is -1.05. The van der Waals surface area contributed by atoms with Crippen LogP contribution in [0.2, 0.25) is 0 Å². The van der Waals surface area contributed by atoms with Gasteiger partial charge in [-0.3, -0.25) is 0 Å². The van der Waals surface area contributed by atoms with Gasteiger partial charge in [-0.1, -0.05) is 13.3 Å². The van der Waals surface area contributed by atoms with Crippen LogP contribution in [-0.2, 0) is 11.3 Å². The van der Waals surface area contributed by atoms with Crippen molar-refractivity contribution in [2.45, 2.75) is 51.3 Å². The number of nitrogens with zero attached hydrogens (tertiary/aromatic N) is 4. The van der Waals surface area contributed by atoms with E-state index in [9.17, 15) is 0 Å². The number of aromatic nitrogens is 4. The largest absolute Gasteiger partial charge is 0.376 e. The van der Waals surface area contributed by atoms with Gasteiger partial charge in [0.1, 0.15) is 32.2 Å². The summed E-state index contributed by atoms with van der Waals surface area (Å²) >= 11 is 0. The lowest BCUT2D eigenvalue weighted by Gasteiger charge is -2.32. The van der Waals surface area contributed by atoms with Crippen LogP contribution in [-0.4, -0.2) is 66.1 Å². The van der Waals surface area contributed by atoms with Gasteiger partial charge in [-0.15, -0.1) is 5.10 Å². The van der Waals surface area contributed by atoms with Crippen LogP contribution in [0.3, 0.4) is 0 Å². The number of ether oxygens (including phenoxy) is 1. The summed E-state index contributed by atoms with van der Waals surface area (Å²) in [6, 6.07) is 0.425. The summed E-state index contributed by atoms with van der Waals surface area (Å²) in [7, 11) is 2.28. The number of hydrogen-bond acceptors (Lipinski definition) is 4. The van der Waals surface area contributed by atoms with Crippen molar-refractivity contribution in [3.63, 3.8) is 0 Å². The van der Waals surface area contributed by atoms with E-state index in [1.54, 1.807) is 9.80 Å². The van der Waals surface area contributed by atoms with Crippen LogP contribution in [0.15, 0.2) is 0 Å². The number of rotatable bonds is 6. The van der Waals surface area contributed by atoms with E-state index in [-0.39, 0.29) is 6.10 Å². The Bertz CT molecular complexity index is 451. The van der Waals surface area contributed by atoms with Crippen molar-refractivity contribution < 1.29 is 14.5 Å². The van der Waals surface area contributed by atoms with Crippen molar-refractivity contribution >= 4 is 0 Å². The van der Waals surface area contributed by atoms with E-state index in [2.05, 4.69) is 29.5 Å². The normalized spacial score (nSPS) is 30.5. The molecule has 0 bridgehead atoms. The van der Waals surface area contributed by atoms with Crippen LogP contribution in [0.4, 0.5) is 0 Å². The monoisotopic (exact) mass is 310 g/mol. The third-order valence-corrected chi connectivity index (χ3v) is 5.09. The highest BCUT2D eigenvalue weighted by Crippen LogP contribution is 2.17. The molecular weight excluding hydrogens is 280 g/mol. The highest BCUT2D eigenvalue weighted by Gasteiger charge is 2.33. The average molecular weight is 310 g/mol. The van der Waals surface area contributed by atoms with E-state index in [0.29, 0.717) is 6.04 Å². The molecule has 3 rings (SSSR count). The molecule has 2 N–H and O–H groups in total. The second kappa shape index (κ2) is 7.48. The Labute approximate surface area is 132 Å². The molecule has 0 saturated carbocycles. The smallest absolute Gasteiger partial charge is 0.209 e. The lowest BCUT2D eigenvalue weighted by molar-refractivity contribution is -1.02. The maximum absolute atomic E-state index is 5.75. The molecular formula is C15H30N6O+2. The molecule has 2 saturated heterocycles. The minimum absolute atomic E-state index is 0.288. The van der Waals surface area contributed by atoms with E-state index in [0.717, 1.165) is 38.2 Å². The van der Waals surface area contributed by atoms with Crippen molar-refractivity contribution in [1.29, 1.82) is 0 Å². The predicted molar refractivity (Wildman–Crippen MR) is 81.8 cm³/mol. The molecule has 2 aliphatic heterocycles. The van der Waals surface area contributed by atoms with E-state index in [4.69, 9.17) is 4.74 Å². The molecule has 2 aliphatic rings. The Morgan fingerprint density at radius 1 is 1.32 bits per heavy atom. The van der Waals surface area contributed by atoms with Gasteiger partial charge in [-0.2, -0.15) is 0 Å². The van der Waals surface area contributed by atoms with Gasteiger partial charge in [0.2, 0.25) is 5.82 Å². The summed E-state index contributed by atoms with van der Waals surface area (Å²) in [5.74, 6) is 1.06. The molecule has 22 heavy (non-hydrogen) atoms. The number of likely N-dealkylation sites (N-methyl/N-ethyl adjacent to an activating group) is 1. The Kier molecular flexibility index (Phi) is 5.38. The topological polar surface area (TPSA) is 61.7 Å². The molecule has 0 amide bonds. The van der Waals surface area contributed by atoms with Gasteiger partial charge in [-0.25, -0.2) is 4.68 Å². The zero-order valence-electron chi connectivity index (χ0n) is 13.9. The Balaban J connectivity index is 1.72. The summed E-state index contributed by atoms with van der Waals surface area (Å²) in [4.78, 5) is 3.29. The molecule has 1 aromatic rings. The average Bonchev–Trinajstić information content (AvgIpc) is 3.18. The highest BCUT2D eigenvalue weighted by molar-refractivity contribution is 4.88. The maximum Gasteiger partial charge on any atom is 0.209 e. The first-order valence-corrected chi connectivity index (χ1v) is 8.81. The molecule has 0 radical (unpaired) electrons. The van der Waals surface area contributed by atoms with Gasteiger partial charge in [0.05, 0.1) is 19.7 Å². The first kappa shape index (κ1) is 15.8. The Morgan fingerprint density at radius 3 is 2.82 bits per heavy atom. The van der Waals surface area contributed by atoms with Crippen LogP contribution in [0.25, 0.3) is 0 Å². The molecule has 1 aromatic heterocycles. The zero-order chi connectivity index (χ0) is 15.4. The fraction of sp³-hybridized carbons (Fsp3) is 0.933. The van der Waals surface area contributed by atoms with Gasteiger partial charge in [0, 0.05) is 13.0 Å². The van der Waals surface area contributed by atoms with Crippen molar-refractivity contribution in [3.8, 4) is 0 Å². The van der Waals surface area contributed by atoms with Crippen LogP contribution in [0.5, 0.6) is 0 Å². The van der Waals surface area contributed by atoms with E-state index >= 15 is 0 Å². The van der Waals surface area contributed by atoms with E-state index < -0.39 is 0 Å². The van der Waals surface area contributed by atoms with Gasteiger partial charge >= 0.3 is 0 Å². The lowest BCUT2D eigenvalue weighted by Crippen LogP contribution is -3.27. The molecule has 3 heterocycles. The van der Waals surface area contributed by atoms with Gasteiger partial charge < -0.3 is 14.5 Å². The molecule has 0 aromatic carbocycles. The first-order valence-electron chi connectivity index (χ1n) is 8.81. The molecule has 2 atom stereocenters. The van der Waals surface area contributed by atoms with Crippen LogP contribution >= 0.6 is 0 Å². The molecule has 2 fully saturated rings. The fourth-order valence-electron chi connectivity index (χ4n) is 3.72. The summed E-state index contributed by atoms with van der Waals surface area (Å²) in [6.45, 7) is 8.84. The molecule has 7 heteroatoms. The molecule has 0 unspecified atom stereocenters. The van der Waals surface area contributed by atoms with Crippen LogP contribution in [0, 0.1) is 0 Å². The molecule has 0 spiro atoms. The number of nitrogens with one attached hydrogen (secondary N) is 2. The SMILES string of the molecule is CCC[C@H](c1nnnn1C[C@H]1CCCO1)[NH+]1CC[NH+](C)CC1. The summed E-state index contributed by atoms with van der Waals surface area (Å²) < 4.78 is 7.76. The number of tetrazole rings is 1. The Morgan fingerprint density at radius 2 is 2.14 bits per heavy atom. The van der Waals surface area contributed by atoms with Gasteiger partial charge in [0.15, 0.2) is 0 Å². The van der Waals surface area contributed by atoms with Crippen molar-refractivity contribution in [2.75, 3.05) is 39.8 Å². The second-order valence-corrected chi connectivity index (χ2v) is 6.81. The molecule has 0 aliphatic carbocycles. The molecule has 7 nitrogen and oxygen atoms in total. The van der Waals surface area contributed by atoms with Crippen LogP contribution < -0.4 is 9.80 Å². The third-order valence-electron chi connectivity index (χ3n) is 5.09. The summed E-state index contributed by atoms with van der Waals surface area (Å²) in [5, 5.41) is 12.6. The third kappa shape index (κ3) is 3.64. The van der Waals surface area contributed by atoms with E-state index in [1.165, 1.54) is 32.6 Å². The minimum atomic E-state index is 0.288. The predicted octanol–water partition coefficient (Wildman–Crippen LogP) is -1.89. The lowest BCUT2D eigenvalue weighted by atomic mass is 10.1. The number of hydrogen-bond donors (Lipinski definition) is 2. The van der Waals surface area contributed by atoms with E-state index in [1.807, 2.05) is 4.68 Å². The van der Waals surface area contributed by atoms with Gasteiger partial charge in [-0.05, 0) is 23.3 Å². The quantitative estimate of drug-likeness (QED) is 0.645. The summed E-state index contributed by atoms with van der Waals surface area (Å²) in [5.41, 5.74) is 0. The fourth-order valence-corrected chi connectivity index (χ4v) is 3.72. The summed E-state index contributed by atoms with van der Waals surface area (Å²) in [6.07, 6.45) is 4.90. The zero-order valence-corrected chi connectivity index (χ0v) is 13.9. The standard InChI is InChI=1S/C15H28N6O/c1-3-5-14(20-9-7-19(2)8-10-20)15-16-17-18-21(15)12-13-6-4-11-22-13/h13-14H,3-12H2,1-2H3/p+2/t13-,14-/m1/s1. The van der Waals surface area contributed by atoms with Crippen molar-refractivity contribution in [3.05, 3.63) is 5.82 Å². The molecule has 124 valence electrons. The van der Waals surface area contributed by atoms with Crippen molar-refractivity contribution in [2.24, 2.45) is 0 Å². The highest BCUT2D eigenvalue weighted by atomic mass is 16.5. The number of quaternary nitrogens is 2. The van der Waals surface area contributed by atoms with Crippen molar-refractivity contribution in [1.82, 2.24) is 20.2 Å². The maximum atomic E-state index is 5.75. The second-order valence-electron chi connectivity index (χ2n) is 6.81. The van der Waals surface area contributed by atoms with Crippen LogP contribution in [0.1, 0.15) is 44.5 Å². The minimum Gasteiger partial charge on any atom is -0.376 e.